The summed E-state index contributed by atoms with van der Waals surface area (Å²) in [6.45, 7) is 0. The molecule has 0 aliphatic heterocycles. The van der Waals surface area contributed by atoms with Crippen LogP contribution < -0.4 is 0 Å². The minimum Gasteiger partial charge on any atom is -0.475 e. The molecule has 7 nitrogen and oxygen atoms in total. The van der Waals surface area contributed by atoms with Gasteiger partial charge in [0.2, 0.25) is 5.76 Å². The molecule has 3 aromatic rings. The first-order valence-electron chi connectivity index (χ1n) is 5.60. The topological polar surface area (TPSA) is 106 Å². The summed E-state index contributed by atoms with van der Waals surface area (Å²) < 4.78 is 6.20. The zero-order valence-electron chi connectivity index (χ0n) is 9.98. The van der Waals surface area contributed by atoms with E-state index in [1.54, 1.807) is 6.07 Å². The first-order chi connectivity index (χ1) is 9.56. The van der Waals surface area contributed by atoms with Gasteiger partial charge in [0.15, 0.2) is 5.76 Å². The molecule has 0 saturated heterocycles. The molecule has 0 unspecified atom stereocenters. The molecule has 0 atom stereocenters. The molecular weight excluding hydrogens is 264 g/mol. The maximum absolute atomic E-state index is 11.1. The van der Waals surface area contributed by atoms with Crippen LogP contribution in [0.25, 0.3) is 22.4 Å². The van der Waals surface area contributed by atoms with Crippen molar-refractivity contribution in [3.8, 4) is 11.5 Å². The van der Waals surface area contributed by atoms with E-state index in [9.17, 15) is 9.59 Å². The van der Waals surface area contributed by atoms with Gasteiger partial charge in [0.25, 0.3) is 0 Å². The van der Waals surface area contributed by atoms with Gasteiger partial charge in [0.1, 0.15) is 5.69 Å². The molecule has 7 heteroatoms. The Bertz CT molecular complexity index is 830. The summed E-state index contributed by atoms with van der Waals surface area (Å²) >= 11 is 0. The highest BCUT2D eigenvalue weighted by Crippen LogP contribution is 2.24. The van der Waals surface area contributed by atoms with Crippen LogP contribution in [0.4, 0.5) is 4.79 Å². The van der Waals surface area contributed by atoms with E-state index in [4.69, 9.17) is 14.6 Å². The lowest BCUT2D eigenvalue weighted by molar-refractivity contribution is 0.0663. The van der Waals surface area contributed by atoms with Crippen LogP contribution in [-0.2, 0) is 0 Å². The standard InChI is InChI=1S/C13H8N2O5/c16-12(17)11-2-1-10(20-11)8-5-9-7(6-14-8)3-4-15(9)13(18)19/h1-6H,(H,16,17)(H,18,19). The highest BCUT2D eigenvalue weighted by molar-refractivity contribution is 5.90. The summed E-state index contributed by atoms with van der Waals surface area (Å²) in [4.78, 5) is 26.0. The van der Waals surface area contributed by atoms with Crippen LogP contribution in [0.2, 0.25) is 0 Å². The fraction of sp³-hybridized carbons (Fsp3) is 0. The van der Waals surface area contributed by atoms with Crippen LogP contribution in [0.15, 0.2) is 41.1 Å². The Morgan fingerprint density at radius 1 is 1.20 bits per heavy atom. The lowest BCUT2D eigenvalue weighted by Gasteiger charge is -2.00. The Hall–Kier alpha value is -3.09. The molecule has 0 amide bonds. The second-order valence-corrected chi connectivity index (χ2v) is 4.07. The molecule has 0 saturated carbocycles. The number of hydrogen-bond donors (Lipinski definition) is 2. The van der Waals surface area contributed by atoms with E-state index in [0.717, 1.165) is 4.57 Å². The van der Waals surface area contributed by atoms with Crippen molar-refractivity contribution < 1.29 is 24.2 Å². The van der Waals surface area contributed by atoms with Crippen molar-refractivity contribution in [2.45, 2.75) is 0 Å². The van der Waals surface area contributed by atoms with Crippen molar-refractivity contribution in [2.24, 2.45) is 0 Å². The maximum atomic E-state index is 11.1. The molecule has 0 spiro atoms. The first-order valence-corrected chi connectivity index (χ1v) is 5.60. The van der Waals surface area contributed by atoms with E-state index < -0.39 is 12.1 Å². The third kappa shape index (κ3) is 1.81. The van der Waals surface area contributed by atoms with Crippen molar-refractivity contribution >= 4 is 23.0 Å². The second-order valence-electron chi connectivity index (χ2n) is 4.07. The van der Waals surface area contributed by atoms with Crippen molar-refractivity contribution in [2.75, 3.05) is 0 Å². The third-order valence-corrected chi connectivity index (χ3v) is 2.85. The van der Waals surface area contributed by atoms with Crippen LogP contribution >= 0.6 is 0 Å². The Morgan fingerprint density at radius 2 is 2.00 bits per heavy atom. The number of fused-ring (bicyclic) bond motifs is 1. The van der Waals surface area contributed by atoms with E-state index in [2.05, 4.69) is 4.98 Å². The molecule has 3 aromatic heterocycles. The van der Waals surface area contributed by atoms with E-state index >= 15 is 0 Å². The highest BCUT2D eigenvalue weighted by Gasteiger charge is 2.13. The lowest BCUT2D eigenvalue weighted by atomic mass is 10.2. The number of nitrogens with zero attached hydrogens (tertiary/aromatic N) is 2. The Labute approximate surface area is 111 Å². The summed E-state index contributed by atoms with van der Waals surface area (Å²) in [7, 11) is 0. The number of carbonyl (C=O) groups is 2. The average molecular weight is 272 g/mol. The molecule has 0 aliphatic rings. The van der Waals surface area contributed by atoms with Gasteiger partial charge < -0.3 is 14.6 Å². The number of carboxylic acid groups (broad SMARTS) is 2. The van der Waals surface area contributed by atoms with E-state index in [-0.39, 0.29) is 11.5 Å². The van der Waals surface area contributed by atoms with E-state index in [1.807, 2.05) is 0 Å². The van der Waals surface area contributed by atoms with Crippen molar-refractivity contribution in [3.05, 3.63) is 42.4 Å². The largest absolute Gasteiger partial charge is 0.475 e. The number of furan rings is 1. The Kier molecular flexibility index (Phi) is 2.53. The average Bonchev–Trinajstić information content (AvgIpc) is 3.04. The zero-order chi connectivity index (χ0) is 14.3. The van der Waals surface area contributed by atoms with Gasteiger partial charge in [0, 0.05) is 17.8 Å². The summed E-state index contributed by atoms with van der Waals surface area (Å²) in [6, 6.07) is 5.96. The normalized spacial score (nSPS) is 10.8. The molecule has 3 rings (SSSR count). The van der Waals surface area contributed by atoms with Gasteiger partial charge in [-0.25, -0.2) is 9.59 Å². The van der Waals surface area contributed by atoms with Crippen LogP contribution in [0.3, 0.4) is 0 Å². The van der Waals surface area contributed by atoms with Gasteiger partial charge >= 0.3 is 12.1 Å². The zero-order valence-corrected chi connectivity index (χ0v) is 9.98. The van der Waals surface area contributed by atoms with Crippen molar-refractivity contribution in [3.63, 3.8) is 0 Å². The SMILES string of the molecule is O=C(O)c1ccc(-c2cc3c(ccn3C(=O)O)cn2)o1. The van der Waals surface area contributed by atoms with Crippen LogP contribution in [0.5, 0.6) is 0 Å². The molecule has 20 heavy (non-hydrogen) atoms. The molecule has 2 N–H and O–H groups in total. The molecule has 3 heterocycles. The Morgan fingerprint density at radius 3 is 2.65 bits per heavy atom. The van der Waals surface area contributed by atoms with Crippen LogP contribution in [0, 0.1) is 0 Å². The fourth-order valence-corrected chi connectivity index (χ4v) is 1.92. The van der Waals surface area contributed by atoms with Gasteiger partial charge in [-0.15, -0.1) is 0 Å². The monoisotopic (exact) mass is 272 g/mol. The number of aromatic carboxylic acids is 1. The van der Waals surface area contributed by atoms with Gasteiger partial charge in [-0.3, -0.25) is 9.55 Å². The first kappa shape index (κ1) is 12.0. The van der Waals surface area contributed by atoms with Gasteiger partial charge in [-0.1, -0.05) is 0 Å². The summed E-state index contributed by atoms with van der Waals surface area (Å²) in [5.74, 6) is -1.11. The molecule has 0 bridgehead atoms. The van der Waals surface area contributed by atoms with Gasteiger partial charge in [-0.05, 0) is 24.3 Å². The summed E-state index contributed by atoms with van der Waals surface area (Å²) in [5, 5.41) is 18.5. The molecule has 100 valence electrons. The number of hydrogen-bond acceptors (Lipinski definition) is 4. The van der Waals surface area contributed by atoms with Crippen LogP contribution in [-0.4, -0.2) is 31.8 Å². The molecule has 0 aliphatic carbocycles. The molecule has 0 fully saturated rings. The predicted octanol–water partition coefficient (Wildman–Crippen LogP) is 2.52. The minimum atomic E-state index is -1.17. The summed E-state index contributed by atoms with van der Waals surface area (Å²) in [5.41, 5.74) is 0.821. The molecular formula is C13H8N2O5. The molecule has 0 radical (unpaired) electrons. The van der Waals surface area contributed by atoms with E-state index in [1.165, 1.54) is 30.6 Å². The van der Waals surface area contributed by atoms with Crippen molar-refractivity contribution in [1.29, 1.82) is 0 Å². The molecule has 0 aromatic carbocycles. The fourth-order valence-electron chi connectivity index (χ4n) is 1.92. The Balaban J connectivity index is 2.13. The maximum Gasteiger partial charge on any atom is 0.416 e. The second kappa shape index (κ2) is 4.23. The number of rotatable bonds is 2. The predicted molar refractivity (Wildman–Crippen MR) is 67.8 cm³/mol. The lowest BCUT2D eigenvalue weighted by Crippen LogP contribution is -2.05. The number of pyridine rings is 1. The van der Waals surface area contributed by atoms with E-state index in [0.29, 0.717) is 16.6 Å². The minimum absolute atomic E-state index is 0.199. The van der Waals surface area contributed by atoms with Gasteiger partial charge in [-0.2, -0.15) is 0 Å². The summed E-state index contributed by atoms with van der Waals surface area (Å²) in [6.07, 6.45) is 1.82. The van der Waals surface area contributed by atoms with Crippen molar-refractivity contribution in [1.82, 2.24) is 9.55 Å². The van der Waals surface area contributed by atoms with Crippen LogP contribution in [0.1, 0.15) is 10.6 Å². The number of carboxylic acids is 1. The third-order valence-electron chi connectivity index (χ3n) is 2.85. The quantitative estimate of drug-likeness (QED) is 0.742. The number of aromatic nitrogens is 2. The smallest absolute Gasteiger partial charge is 0.416 e. The van der Waals surface area contributed by atoms with Gasteiger partial charge in [0.05, 0.1) is 5.52 Å². The highest BCUT2D eigenvalue weighted by atomic mass is 16.4.